The molecular formula is C87H80N2. The van der Waals surface area contributed by atoms with E-state index < -0.39 is 5.41 Å². The molecule has 89 heavy (non-hydrogen) atoms. The summed E-state index contributed by atoms with van der Waals surface area (Å²) in [6.07, 6.45) is 23.2. The van der Waals surface area contributed by atoms with E-state index in [-0.39, 0.29) is 10.8 Å². The molecule has 1 unspecified atom stereocenters. The molecule has 0 saturated carbocycles. The third-order valence-electron chi connectivity index (χ3n) is 18.7. The average molecular weight is 1150 g/mol. The van der Waals surface area contributed by atoms with Crippen molar-refractivity contribution < 1.29 is 0 Å². The second-order valence-electron chi connectivity index (χ2n) is 25.4. The molecular weight excluding hydrogens is 1070 g/mol. The van der Waals surface area contributed by atoms with Crippen LogP contribution in [0.25, 0.3) is 56.2 Å². The molecule has 0 aromatic heterocycles. The van der Waals surface area contributed by atoms with E-state index in [0.717, 1.165) is 74.8 Å². The van der Waals surface area contributed by atoms with Crippen molar-refractivity contribution in [3.05, 3.63) is 360 Å². The van der Waals surface area contributed by atoms with E-state index in [9.17, 15) is 0 Å². The summed E-state index contributed by atoms with van der Waals surface area (Å²) < 4.78 is 0. The zero-order chi connectivity index (χ0) is 62.2. The van der Waals surface area contributed by atoms with E-state index >= 15 is 0 Å². The average Bonchev–Trinajstić information content (AvgIpc) is 1.52. The lowest BCUT2D eigenvalue weighted by Gasteiger charge is -2.35. The van der Waals surface area contributed by atoms with Gasteiger partial charge in [-0.25, -0.2) is 0 Å². The molecule has 0 aliphatic heterocycles. The summed E-state index contributed by atoms with van der Waals surface area (Å²) in [5.41, 5.74) is 29.7. The molecule has 0 amide bonds. The molecule has 0 radical (unpaired) electrons. The molecule has 0 N–H and O–H groups in total. The zero-order valence-electron chi connectivity index (χ0n) is 53.0. The molecule has 0 saturated heterocycles. The van der Waals surface area contributed by atoms with Crippen molar-refractivity contribution in [1.82, 2.24) is 0 Å². The molecule has 1 spiro atoms. The number of anilines is 4. The van der Waals surface area contributed by atoms with Gasteiger partial charge in [0.25, 0.3) is 0 Å². The molecule has 9 aromatic rings. The second kappa shape index (κ2) is 24.3. The maximum Gasteiger partial charge on any atom is 0.0726 e. The summed E-state index contributed by atoms with van der Waals surface area (Å²) in [6, 6.07) is 76.9. The van der Waals surface area contributed by atoms with E-state index in [4.69, 9.17) is 0 Å². The van der Waals surface area contributed by atoms with E-state index in [0.29, 0.717) is 0 Å². The Hall–Kier alpha value is -10.0. The standard InChI is InChI=1S/C87H80N2/c1-13-28-66(32-27-29-61(15-3)40-39-59(6)14-2)89(69-50-53-76-74-34-21-24-36-78(74)86(11,12)82(76)57-69)70-51-54-77-75-35-23-26-38-80(75)87(84(77)58-70)79-37-25-22-33-73(79)71(17-5)83(87)55-60(7)88(67-47-45-64(46-48-67)63-43-41-62(16-4)42-44-63)68-49-52-72(65-30-19-18-20-31-65)81(56-68)85(8,9)10/h13-14,16-28,30-58H,1-2,4-5,15,29H2,3,6-12H3/b32-27-,59-39+,60-55+,61-40+,66-28+. The lowest BCUT2D eigenvalue weighted by molar-refractivity contribution is 0.592. The summed E-state index contributed by atoms with van der Waals surface area (Å²) in [5, 5.41) is 0. The highest BCUT2D eigenvalue weighted by Crippen LogP contribution is 2.63. The number of nitrogens with zero attached hydrogens (tertiary/aromatic N) is 2. The first kappa shape index (κ1) is 59.3. The van der Waals surface area contributed by atoms with Crippen molar-refractivity contribution in [3.8, 4) is 44.5 Å². The number of fused-ring (bicyclic) bond motifs is 10. The van der Waals surface area contributed by atoms with Crippen LogP contribution in [0.15, 0.2) is 315 Å². The highest BCUT2D eigenvalue weighted by Gasteiger charge is 2.52. The third kappa shape index (κ3) is 10.6. The van der Waals surface area contributed by atoms with Crippen LogP contribution in [0, 0.1) is 0 Å². The second-order valence-corrected chi connectivity index (χ2v) is 25.4. The number of allylic oxidation sites excluding steroid dienone is 14. The predicted molar refractivity (Wildman–Crippen MR) is 384 cm³/mol. The highest BCUT2D eigenvalue weighted by atomic mass is 15.2. The molecule has 438 valence electrons. The predicted octanol–water partition coefficient (Wildman–Crippen LogP) is 23.9. The lowest BCUT2D eigenvalue weighted by Crippen LogP contribution is -2.28. The van der Waals surface area contributed by atoms with Crippen LogP contribution in [0.3, 0.4) is 0 Å². The molecule has 3 aliphatic rings. The Balaban J connectivity index is 1.08. The molecule has 1 atom stereocenters. The molecule has 3 aliphatic carbocycles. The normalized spacial score (nSPS) is 15.8. The molecule has 0 bridgehead atoms. The lowest BCUT2D eigenvalue weighted by atomic mass is 9.69. The summed E-state index contributed by atoms with van der Waals surface area (Å²) in [6.45, 7) is 35.3. The summed E-state index contributed by atoms with van der Waals surface area (Å²) in [7, 11) is 0. The van der Waals surface area contributed by atoms with Gasteiger partial charge in [-0.2, -0.15) is 0 Å². The Kier molecular flexibility index (Phi) is 16.2. The minimum Gasteiger partial charge on any atom is -0.314 e. The number of hydrogen-bond acceptors (Lipinski definition) is 2. The first-order chi connectivity index (χ1) is 43.1. The van der Waals surface area contributed by atoms with Crippen LogP contribution in [-0.2, 0) is 16.2 Å². The highest BCUT2D eigenvalue weighted by molar-refractivity contribution is 5.99. The van der Waals surface area contributed by atoms with E-state index in [1.165, 1.54) is 83.5 Å². The Labute approximate surface area is 530 Å². The largest absolute Gasteiger partial charge is 0.314 e. The third-order valence-corrected chi connectivity index (χ3v) is 18.7. The van der Waals surface area contributed by atoms with Crippen molar-refractivity contribution in [3.63, 3.8) is 0 Å². The van der Waals surface area contributed by atoms with Gasteiger partial charge in [0, 0.05) is 39.6 Å². The fourth-order valence-electron chi connectivity index (χ4n) is 14.1. The quantitative estimate of drug-likeness (QED) is 0.0790. The minimum absolute atomic E-state index is 0.167. The van der Waals surface area contributed by atoms with Crippen molar-refractivity contribution >= 4 is 34.4 Å². The molecule has 9 aromatic carbocycles. The Morgan fingerprint density at radius 3 is 1.62 bits per heavy atom. The van der Waals surface area contributed by atoms with Crippen molar-refractivity contribution in [2.45, 2.75) is 84.5 Å². The van der Waals surface area contributed by atoms with Gasteiger partial charge in [0.2, 0.25) is 0 Å². The van der Waals surface area contributed by atoms with Crippen LogP contribution in [-0.4, -0.2) is 0 Å². The molecule has 0 heterocycles. The number of benzene rings is 9. The Bertz CT molecular complexity index is 4460. The van der Waals surface area contributed by atoms with E-state index in [1.54, 1.807) is 0 Å². The van der Waals surface area contributed by atoms with E-state index in [2.05, 4.69) is 340 Å². The summed E-state index contributed by atoms with van der Waals surface area (Å²) in [5.74, 6) is 0. The van der Waals surface area contributed by atoms with Gasteiger partial charge >= 0.3 is 0 Å². The van der Waals surface area contributed by atoms with Crippen LogP contribution >= 0.6 is 0 Å². The topological polar surface area (TPSA) is 6.48 Å². The maximum atomic E-state index is 4.66. The van der Waals surface area contributed by atoms with Crippen LogP contribution < -0.4 is 9.80 Å². The zero-order valence-corrected chi connectivity index (χ0v) is 53.0. The van der Waals surface area contributed by atoms with Gasteiger partial charge in [-0.3, -0.25) is 0 Å². The van der Waals surface area contributed by atoms with Gasteiger partial charge in [-0.15, -0.1) is 0 Å². The van der Waals surface area contributed by atoms with Crippen molar-refractivity contribution in [2.24, 2.45) is 0 Å². The van der Waals surface area contributed by atoms with E-state index in [1.807, 2.05) is 18.2 Å². The fourth-order valence-corrected chi connectivity index (χ4v) is 14.1. The van der Waals surface area contributed by atoms with Crippen LogP contribution in [0.1, 0.15) is 113 Å². The van der Waals surface area contributed by atoms with Crippen LogP contribution in [0.5, 0.6) is 0 Å². The first-order valence-electron chi connectivity index (χ1n) is 31.4. The summed E-state index contributed by atoms with van der Waals surface area (Å²) >= 11 is 0. The summed E-state index contributed by atoms with van der Waals surface area (Å²) in [4.78, 5) is 4.91. The molecule has 2 heteroatoms. The maximum absolute atomic E-state index is 4.66. The minimum atomic E-state index is -0.743. The van der Waals surface area contributed by atoms with Crippen LogP contribution in [0.4, 0.5) is 22.7 Å². The van der Waals surface area contributed by atoms with Crippen LogP contribution in [0.2, 0.25) is 0 Å². The van der Waals surface area contributed by atoms with Crippen molar-refractivity contribution in [1.29, 1.82) is 0 Å². The SMILES string of the molecule is C=C/C=C(\C=C/C/C(=C/C=C(\C)C=C)CC)N(c1ccc2c(c1)C(C)(C)c1ccccc1-2)c1ccc2c(c1)C1(C(/C=C(\C)N(c3ccc(-c4ccc(C=C)cc4)cc3)c3ccc(-c4ccccc4)c(C(C)(C)C)c3)=C(C=C)c3ccccc31)c1ccccc1-2. The van der Waals surface area contributed by atoms with Gasteiger partial charge in [-0.1, -0.05) is 279 Å². The number of rotatable bonds is 18. The smallest absolute Gasteiger partial charge is 0.0726 e. The van der Waals surface area contributed by atoms with Gasteiger partial charge < -0.3 is 9.80 Å². The molecule has 0 fully saturated rings. The molecule has 2 nitrogen and oxygen atoms in total. The monoisotopic (exact) mass is 1150 g/mol. The van der Waals surface area contributed by atoms with Gasteiger partial charge in [0.1, 0.15) is 0 Å². The van der Waals surface area contributed by atoms with Gasteiger partial charge in [0.05, 0.1) is 5.41 Å². The van der Waals surface area contributed by atoms with Gasteiger partial charge in [0.15, 0.2) is 0 Å². The molecule has 12 rings (SSSR count). The fraction of sp³-hybridized carbons (Fsp3) is 0.149. The number of hydrogen-bond donors (Lipinski definition) is 0. The van der Waals surface area contributed by atoms with Crippen molar-refractivity contribution in [2.75, 3.05) is 9.80 Å². The Morgan fingerprint density at radius 2 is 1.01 bits per heavy atom. The first-order valence-corrected chi connectivity index (χ1v) is 31.4. The Morgan fingerprint density at radius 1 is 0.483 bits per heavy atom. The van der Waals surface area contributed by atoms with Gasteiger partial charge in [-0.05, 0) is 199 Å².